The summed E-state index contributed by atoms with van der Waals surface area (Å²) in [7, 11) is 3.95. The van der Waals surface area contributed by atoms with Crippen molar-refractivity contribution in [3.05, 3.63) is 10.9 Å². The Morgan fingerprint density at radius 1 is 1.43 bits per heavy atom. The van der Waals surface area contributed by atoms with Gasteiger partial charge in [-0.05, 0) is 32.3 Å². The first kappa shape index (κ1) is 14.5. The molecule has 114 valence electrons. The second-order valence-corrected chi connectivity index (χ2v) is 6.80. The average Bonchev–Trinajstić information content (AvgIpc) is 2.87. The standard InChI is InChI=1S/C15H22N4OS/c1-10-8-12-13(17-15(16-2)18-14(12)21-10)19(3)9-11-6-4-5-7-20-11/h8,11H,4-7,9H2,1-3H3,(H,16,17,18). The van der Waals surface area contributed by atoms with E-state index in [-0.39, 0.29) is 0 Å². The van der Waals surface area contributed by atoms with Crippen molar-refractivity contribution in [1.29, 1.82) is 0 Å². The van der Waals surface area contributed by atoms with Crippen LogP contribution < -0.4 is 10.2 Å². The van der Waals surface area contributed by atoms with Crippen molar-refractivity contribution in [3.63, 3.8) is 0 Å². The summed E-state index contributed by atoms with van der Waals surface area (Å²) in [6.45, 7) is 3.88. The first-order chi connectivity index (χ1) is 10.2. The summed E-state index contributed by atoms with van der Waals surface area (Å²) < 4.78 is 5.85. The van der Waals surface area contributed by atoms with Crippen LogP contribution in [-0.2, 0) is 4.74 Å². The monoisotopic (exact) mass is 306 g/mol. The molecule has 21 heavy (non-hydrogen) atoms. The minimum absolute atomic E-state index is 0.312. The molecule has 0 bridgehead atoms. The van der Waals surface area contributed by atoms with Crippen LogP contribution in [0.1, 0.15) is 24.1 Å². The van der Waals surface area contributed by atoms with E-state index in [0.29, 0.717) is 12.1 Å². The quantitative estimate of drug-likeness (QED) is 0.941. The number of aromatic nitrogens is 2. The second kappa shape index (κ2) is 6.15. The molecular formula is C15H22N4OS. The summed E-state index contributed by atoms with van der Waals surface area (Å²) >= 11 is 1.71. The van der Waals surface area contributed by atoms with Gasteiger partial charge in [0.05, 0.1) is 11.5 Å². The number of hydrogen-bond donors (Lipinski definition) is 1. The Morgan fingerprint density at radius 3 is 3.00 bits per heavy atom. The van der Waals surface area contributed by atoms with E-state index in [9.17, 15) is 0 Å². The van der Waals surface area contributed by atoms with Crippen LogP contribution in [0.3, 0.4) is 0 Å². The average molecular weight is 306 g/mol. The fraction of sp³-hybridized carbons (Fsp3) is 0.600. The summed E-state index contributed by atoms with van der Waals surface area (Å²) in [5.74, 6) is 1.67. The normalized spacial score (nSPS) is 18.9. The molecule has 1 fully saturated rings. The van der Waals surface area contributed by atoms with E-state index in [2.05, 4.69) is 40.2 Å². The Balaban J connectivity index is 1.89. The molecule has 5 nitrogen and oxygen atoms in total. The SMILES string of the molecule is CNc1nc(N(C)CC2CCCCO2)c2cc(C)sc2n1. The molecule has 0 radical (unpaired) electrons. The van der Waals surface area contributed by atoms with Crippen molar-refractivity contribution in [2.75, 3.05) is 37.5 Å². The van der Waals surface area contributed by atoms with Crippen molar-refractivity contribution in [1.82, 2.24) is 9.97 Å². The molecule has 0 aliphatic carbocycles. The first-order valence-corrected chi connectivity index (χ1v) is 8.27. The maximum atomic E-state index is 5.85. The van der Waals surface area contributed by atoms with E-state index in [1.165, 1.54) is 17.7 Å². The maximum Gasteiger partial charge on any atom is 0.225 e. The lowest BCUT2D eigenvalue weighted by Gasteiger charge is -2.28. The predicted octanol–water partition coefficient (Wildman–Crippen LogP) is 3.05. The Hall–Kier alpha value is -1.40. The Bertz CT molecular complexity index is 621. The third kappa shape index (κ3) is 3.11. The molecule has 2 aromatic heterocycles. The Labute approximate surface area is 129 Å². The van der Waals surface area contributed by atoms with Gasteiger partial charge in [-0.3, -0.25) is 0 Å². The number of rotatable bonds is 4. The largest absolute Gasteiger partial charge is 0.376 e. The number of nitrogens with one attached hydrogen (secondary N) is 1. The molecule has 1 aliphatic rings. The smallest absolute Gasteiger partial charge is 0.225 e. The number of ether oxygens (including phenoxy) is 1. The van der Waals surface area contributed by atoms with Crippen LogP contribution in [0.25, 0.3) is 10.2 Å². The van der Waals surface area contributed by atoms with Gasteiger partial charge in [-0.15, -0.1) is 11.3 Å². The summed E-state index contributed by atoms with van der Waals surface area (Å²) in [6, 6.07) is 2.17. The van der Waals surface area contributed by atoms with Crippen molar-refractivity contribution < 1.29 is 4.74 Å². The van der Waals surface area contributed by atoms with Gasteiger partial charge in [0, 0.05) is 32.1 Å². The Morgan fingerprint density at radius 2 is 2.29 bits per heavy atom. The van der Waals surface area contributed by atoms with Crippen molar-refractivity contribution in [2.45, 2.75) is 32.3 Å². The summed E-state index contributed by atoms with van der Waals surface area (Å²) in [5, 5.41) is 4.19. The molecular weight excluding hydrogens is 284 g/mol. The van der Waals surface area contributed by atoms with Crippen LogP contribution in [0.15, 0.2) is 6.07 Å². The van der Waals surface area contributed by atoms with Crippen LogP contribution in [0.2, 0.25) is 0 Å². The van der Waals surface area contributed by atoms with Gasteiger partial charge in [-0.1, -0.05) is 0 Å². The van der Waals surface area contributed by atoms with Gasteiger partial charge in [0.1, 0.15) is 10.6 Å². The van der Waals surface area contributed by atoms with Gasteiger partial charge in [0.15, 0.2) is 0 Å². The minimum Gasteiger partial charge on any atom is -0.376 e. The van der Waals surface area contributed by atoms with Crippen LogP contribution >= 0.6 is 11.3 Å². The third-order valence-corrected chi connectivity index (χ3v) is 4.78. The molecule has 1 atom stereocenters. The van der Waals surface area contributed by atoms with E-state index < -0.39 is 0 Å². The van der Waals surface area contributed by atoms with Crippen LogP contribution in [0, 0.1) is 6.92 Å². The highest BCUT2D eigenvalue weighted by molar-refractivity contribution is 7.18. The van der Waals surface area contributed by atoms with Crippen LogP contribution in [-0.4, -0.2) is 43.3 Å². The number of aryl methyl sites for hydroxylation is 1. The fourth-order valence-corrected chi connectivity index (χ4v) is 3.65. The molecule has 2 aromatic rings. The molecule has 0 amide bonds. The van der Waals surface area contributed by atoms with Gasteiger partial charge >= 0.3 is 0 Å². The number of hydrogen-bond acceptors (Lipinski definition) is 6. The number of anilines is 2. The van der Waals surface area contributed by atoms with Gasteiger partial charge < -0.3 is 15.0 Å². The van der Waals surface area contributed by atoms with Crippen LogP contribution in [0.5, 0.6) is 0 Å². The van der Waals surface area contributed by atoms with Gasteiger partial charge in [-0.25, -0.2) is 4.98 Å². The fourth-order valence-electron chi connectivity index (χ4n) is 2.77. The number of nitrogens with zero attached hydrogens (tertiary/aromatic N) is 3. The number of likely N-dealkylation sites (N-methyl/N-ethyl adjacent to an activating group) is 1. The van der Waals surface area contributed by atoms with E-state index in [4.69, 9.17) is 4.74 Å². The summed E-state index contributed by atoms with van der Waals surface area (Å²) in [4.78, 5) is 13.7. The van der Waals surface area contributed by atoms with Gasteiger partial charge in [-0.2, -0.15) is 4.98 Å². The predicted molar refractivity (Wildman–Crippen MR) is 88.6 cm³/mol. The lowest BCUT2D eigenvalue weighted by molar-refractivity contribution is 0.0215. The molecule has 0 saturated carbocycles. The lowest BCUT2D eigenvalue weighted by Crippen LogP contribution is -2.34. The Kier molecular flexibility index (Phi) is 4.26. The zero-order valence-corrected chi connectivity index (χ0v) is 13.7. The van der Waals surface area contributed by atoms with Crippen molar-refractivity contribution >= 4 is 33.3 Å². The third-order valence-electron chi connectivity index (χ3n) is 3.83. The summed E-state index contributed by atoms with van der Waals surface area (Å²) in [6.07, 6.45) is 3.90. The second-order valence-electron chi connectivity index (χ2n) is 5.57. The minimum atomic E-state index is 0.312. The zero-order valence-electron chi connectivity index (χ0n) is 12.8. The molecule has 0 aromatic carbocycles. The number of thiophene rings is 1. The molecule has 3 rings (SSSR count). The zero-order chi connectivity index (χ0) is 14.8. The van der Waals surface area contributed by atoms with E-state index in [0.717, 1.165) is 35.6 Å². The maximum absolute atomic E-state index is 5.85. The van der Waals surface area contributed by atoms with Crippen LogP contribution in [0.4, 0.5) is 11.8 Å². The van der Waals surface area contributed by atoms with E-state index in [1.807, 2.05) is 7.05 Å². The van der Waals surface area contributed by atoms with E-state index in [1.54, 1.807) is 11.3 Å². The molecule has 1 N–H and O–H groups in total. The van der Waals surface area contributed by atoms with Crippen molar-refractivity contribution in [3.8, 4) is 0 Å². The van der Waals surface area contributed by atoms with E-state index >= 15 is 0 Å². The number of fused-ring (bicyclic) bond motifs is 1. The molecule has 3 heterocycles. The highest BCUT2D eigenvalue weighted by Crippen LogP contribution is 2.31. The summed E-state index contributed by atoms with van der Waals surface area (Å²) in [5.41, 5.74) is 0. The molecule has 1 saturated heterocycles. The van der Waals surface area contributed by atoms with Crippen molar-refractivity contribution in [2.24, 2.45) is 0 Å². The van der Waals surface area contributed by atoms with Gasteiger partial charge in [0.25, 0.3) is 0 Å². The lowest BCUT2D eigenvalue weighted by atomic mass is 10.1. The molecule has 1 unspecified atom stereocenters. The van der Waals surface area contributed by atoms with Gasteiger partial charge in [0.2, 0.25) is 5.95 Å². The topological polar surface area (TPSA) is 50.3 Å². The highest BCUT2D eigenvalue weighted by Gasteiger charge is 2.19. The molecule has 0 spiro atoms. The first-order valence-electron chi connectivity index (χ1n) is 7.46. The molecule has 1 aliphatic heterocycles. The highest BCUT2D eigenvalue weighted by atomic mass is 32.1. The molecule has 6 heteroatoms.